The lowest BCUT2D eigenvalue weighted by atomic mass is 9.86. The van der Waals surface area contributed by atoms with Crippen LogP contribution in [-0.2, 0) is 11.2 Å². The molecule has 4 aromatic rings. The minimum absolute atomic E-state index is 0.0614. The second-order valence-corrected chi connectivity index (χ2v) is 10.5. The fourth-order valence-corrected chi connectivity index (χ4v) is 5.50. The molecule has 1 unspecified atom stereocenters. The molecule has 0 radical (unpaired) electrons. The molecule has 0 saturated carbocycles. The lowest BCUT2D eigenvalue weighted by molar-refractivity contribution is -0.118. The zero-order chi connectivity index (χ0) is 28.7. The average molecular weight is 583 g/mol. The van der Waals surface area contributed by atoms with Gasteiger partial charge in [-0.2, -0.15) is 4.98 Å². The number of hydrogen-bond acceptors (Lipinski definition) is 6. The number of hydrogen-bond donors (Lipinski definition) is 1. The molecule has 1 N–H and O–H groups in total. The number of ether oxygens (including phenoxy) is 2. The first kappa shape index (κ1) is 27.6. The molecule has 40 heavy (non-hydrogen) atoms. The summed E-state index contributed by atoms with van der Waals surface area (Å²) in [5.41, 5.74) is 3.86. The predicted octanol–water partition coefficient (Wildman–Crippen LogP) is 6.36. The second-order valence-electron chi connectivity index (χ2n) is 9.62. The summed E-state index contributed by atoms with van der Waals surface area (Å²) in [4.78, 5) is 36.0. The molecule has 0 bridgehead atoms. The largest absolute Gasteiger partial charge is 0.479 e. The van der Waals surface area contributed by atoms with Crippen molar-refractivity contribution < 1.29 is 23.5 Å². The Morgan fingerprint density at radius 2 is 1.93 bits per heavy atom. The Balaban J connectivity index is 1.75. The first-order chi connectivity index (χ1) is 19.1. The highest BCUT2D eigenvalue weighted by atomic mass is 35.5. The molecule has 206 valence electrons. The predicted molar refractivity (Wildman–Crippen MR) is 150 cm³/mol. The number of methoxy groups -OCH3 is 2. The zero-order valence-corrected chi connectivity index (χ0v) is 23.6. The van der Waals surface area contributed by atoms with Crippen LogP contribution in [0.3, 0.4) is 0 Å². The molecule has 1 aliphatic rings. The lowest BCUT2D eigenvalue weighted by Crippen LogP contribution is -2.18. The number of carbonyl (C=O) groups excluding carboxylic acids is 2. The monoisotopic (exact) mass is 582 g/mol. The van der Waals surface area contributed by atoms with Crippen LogP contribution < -0.4 is 14.8 Å². The highest BCUT2D eigenvalue weighted by molar-refractivity contribution is 6.31. The third-order valence-electron chi connectivity index (χ3n) is 6.79. The second kappa shape index (κ2) is 10.9. The van der Waals surface area contributed by atoms with Gasteiger partial charge in [0.25, 0.3) is 5.91 Å². The van der Waals surface area contributed by atoms with E-state index in [4.69, 9.17) is 32.7 Å². The van der Waals surface area contributed by atoms with Crippen LogP contribution >= 0.6 is 23.2 Å². The molecule has 1 atom stereocenters. The maximum Gasteiger partial charge on any atom is 0.319 e. The number of benzene rings is 2. The molecule has 2 aromatic carbocycles. The highest BCUT2D eigenvalue weighted by Gasteiger charge is 2.39. The van der Waals surface area contributed by atoms with Gasteiger partial charge < -0.3 is 19.4 Å². The van der Waals surface area contributed by atoms with Crippen LogP contribution in [-0.4, -0.2) is 40.4 Å². The van der Waals surface area contributed by atoms with Crippen molar-refractivity contribution in [1.82, 2.24) is 14.5 Å². The standard InChI is InChI=1S/C29H25Cl2FN4O4/c1-14(2)26-25(24-18-7-5-16(30)9-15(18)10-23(24)37)19(27(38)34-17-6-8-21(32)20(31)11-17)13-36(26)22-12-33-29(40-4)35-28(22)39-3/h5-9,11-14,24H,10H2,1-4H3,(H,34,38). The molecule has 1 aliphatic carbocycles. The number of nitrogens with zero attached hydrogens (tertiary/aromatic N) is 3. The molecular weight excluding hydrogens is 558 g/mol. The fraction of sp³-hybridized carbons (Fsp3) is 0.241. The molecule has 8 nitrogen and oxygen atoms in total. The van der Waals surface area contributed by atoms with E-state index < -0.39 is 17.6 Å². The van der Waals surface area contributed by atoms with Gasteiger partial charge >= 0.3 is 6.01 Å². The SMILES string of the molecule is COc1ncc(-n2cc(C(=O)Nc3ccc(F)c(Cl)c3)c(C3C(=O)Cc4cc(Cl)ccc43)c2C(C)C)c(OC)n1. The lowest BCUT2D eigenvalue weighted by Gasteiger charge is -2.20. The molecule has 2 aromatic heterocycles. The molecular formula is C29H25Cl2FN4O4. The van der Waals surface area contributed by atoms with Crippen LogP contribution in [0.1, 0.15) is 58.4 Å². The van der Waals surface area contributed by atoms with Gasteiger partial charge in [0, 0.05) is 34.6 Å². The molecule has 11 heteroatoms. The summed E-state index contributed by atoms with van der Waals surface area (Å²) in [6.07, 6.45) is 3.36. The van der Waals surface area contributed by atoms with Gasteiger partial charge in [-0.15, -0.1) is 0 Å². The molecule has 0 aliphatic heterocycles. The third-order valence-corrected chi connectivity index (χ3v) is 7.32. The number of rotatable bonds is 7. The Morgan fingerprint density at radius 3 is 2.60 bits per heavy atom. The Hall–Kier alpha value is -3.95. The Bertz CT molecular complexity index is 1650. The number of ketones is 1. The number of nitrogens with one attached hydrogen (secondary N) is 1. The average Bonchev–Trinajstić information content (AvgIpc) is 3.46. The van der Waals surface area contributed by atoms with Crippen molar-refractivity contribution in [2.75, 3.05) is 19.5 Å². The molecule has 0 spiro atoms. The molecule has 0 saturated heterocycles. The Kier molecular flexibility index (Phi) is 7.53. The van der Waals surface area contributed by atoms with E-state index in [1.165, 1.54) is 38.6 Å². The maximum atomic E-state index is 13.9. The minimum atomic E-state index is -0.714. The number of fused-ring (bicyclic) bond motifs is 1. The van der Waals surface area contributed by atoms with Crippen molar-refractivity contribution in [3.8, 4) is 17.6 Å². The number of carbonyl (C=O) groups is 2. The first-order valence-electron chi connectivity index (χ1n) is 12.4. The van der Waals surface area contributed by atoms with Crippen molar-refractivity contribution >= 4 is 40.6 Å². The number of halogens is 3. The van der Waals surface area contributed by atoms with Gasteiger partial charge in [-0.05, 0) is 47.4 Å². The summed E-state index contributed by atoms with van der Waals surface area (Å²) in [5, 5.41) is 3.20. The summed E-state index contributed by atoms with van der Waals surface area (Å²) in [6.45, 7) is 3.94. The van der Waals surface area contributed by atoms with Gasteiger partial charge in [0.2, 0.25) is 5.88 Å². The van der Waals surface area contributed by atoms with Crippen LogP contribution in [0.4, 0.5) is 10.1 Å². The third kappa shape index (κ3) is 4.91. The summed E-state index contributed by atoms with van der Waals surface area (Å²) in [6, 6.07) is 9.36. The van der Waals surface area contributed by atoms with Crippen molar-refractivity contribution in [3.05, 3.63) is 92.6 Å². The van der Waals surface area contributed by atoms with Gasteiger partial charge in [-0.1, -0.05) is 43.1 Å². The van der Waals surface area contributed by atoms with Gasteiger partial charge in [0.1, 0.15) is 17.3 Å². The van der Waals surface area contributed by atoms with Crippen LogP contribution in [0.25, 0.3) is 5.69 Å². The number of amides is 1. The normalized spacial score (nSPS) is 14.4. The van der Waals surface area contributed by atoms with Crippen molar-refractivity contribution in [1.29, 1.82) is 0 Å². The Morgan fingerprint density at radius 1 is 1.15 bits per heavy atom. The van der Waals surface area contributed by atoms with E-state index in [-0.39, 0.29) is 40.6 Å². The van der Waals surface area contributed by atoms with E-state index in [0.29, 0.717) is 27.7 Å². The number of aromatic nitrogens is 3. The zero-order valence-electron chi connectivity index (χ0n) is 22.1. The van der Waals surface area contributed by atoms with Crippen molar-refractivity contribution in [2.45, 2.75) is 32.1 Å². The minimum Gasteiger partial charge on any atom is -0.479 e. The smallest absolute Gasteiger partial charge is 0.319 e. The summed E-state index contributed by atoms with van der Waals surface area (Å²) < 4.78 is 26.2. The van der Waals surface area contributed by atoms with Crippen molar-refractivity contribution in [2.24, 2.45) is 0 Å². The van der Waals surface area contributed by atoms with Gasteiger partial charge in [0.05, 0.1) is 36.9 Å². The maximum absolute atomic E-state index is 13.9. The van der Waals surface area contributed by atoms with E-state index in [2.05, 4.69) is 15.3 Å². The summed E-state index contributed by atoms with van der Waals surface area (Å²) in [7, 11) is 2.92. The van der Waals surface area contributed by atoms with E-state index in [0.717, 1.165) is 11.1 Å². The van der Waals surface area contributed by atoms with E-state index in [9.17, 15) is 14.0 Å². The number of Topliss-reactive ketones (excluding diaryl/α,β-unsaturated/α-hetero) is 1. The van der Waals surface area contributed by atoms with E-state index in [1.807, 2.05) is 19.9 Å². The van der Waals surface area contributed by atoms with Crippen LogP contribution in [0, 0.1) is 5.82 Å². The van der Waals surface area contributed by atoms with Crippen LogP contribution in [0.2, 0.25) is 10.0 Å². The fourth-order valence-electron chi connectivity index (χ4n) is 5.13. The highest BCUT2D eigenvalue weighted by Crippen LogP contribution is 2.44. The van der Waals surface area contributed by atoms with Gasteiger partial charge in [-0.25, -0.2) is 9.37 Å². The van der Waals surface area contributed by atoms with E-state index in [1.54, 1.807) is 22.9 Å². The quantitative estimate of drug-likeness (QED) is 0.272. The topological polar surface area (TPSA) is 95.3 Å². The summed E-state index contributed by atoms with van der Waals surface area (Å²) in [5.74, 6) is -1.80. The van der Waals surface area contributed by atoms with Crippen molar-refractivity contribution in [3.63, 3.8) is 0 Å². The molecule has 0 fully saturated rings. The number of anilines is 1. The summed E-state index contributed by atoms with van der Waals surface area (Å²) >= 11 is 12.2. The van der Waals surface area contributed by atoms with E-state index >= 15 is 0 Å². The Labute approximate surface area is 240 Å². The van der Waals surface area contributed by atoms with Gasteiger partial charge in [0.15, 0.2) is 0 Å². The molecule has 1 amide bonds. The van der Waals surface area contributed by atoms with Crippen LogP contribution in [0.15, 0.2) is 48.8 Å². The first-order valence-corrected chi connectivity index (χ1v) is 13.2. The van der Waals surface area contributed by atoms with Crippen LogP contribution in [0.5, 0.6) is 11.9 Å². The molecule has 5 rings (SSSR count). The molecule has 2 heterocycles. The van der Waals surface area contributed by atoms with Gasteiger partial charge in [-0.3, -0.25) is 9.59 Å².